The molecular weight excluding hydrogens is 236 g/mol. The molecule has 1 aromatic carbocycles. The van der Waals surface area contributed by atoms with Crippen molar-refractivity contribution in [1.29, 1.82) is 0 Å². The van der Waals surface area contributed by atoms with Gasteiger partial charge in [-0.05, 0) is 37.3 Å². The monoisotopic (exact) mass is 250 g/mol. The molecule has 1 aliphatic rings. The Hall–Kier alpha value is -1.46. The highest BCUT2D eigenvalue weighted by molar-refractivity contribution is 6.84. The molecule has 0 radical (unpaired) electrons. The van der Waals surface area contributed by atoms with Gasteiger partial charge in [-0.2, -0.15) is 0 Å². The Morgan fingerprint density at radius 3 is 2.47 bits per heavy atom. The van der Waals surface area contributed by atoms with Crippen LogP contribution in [0.4, 0.5) is 0 Å². The molecule has 0 N–H and O–H groups in total. The van der Waals surface area contributed by atoms with Crippen LogP contribution in [-0.4, -0.2) is 26.9 Å². The molecule has 4 nitrogen and oxygen atoms in total. The molecule has 0 aliphatic carbocycles. The summed E-state index contributed by atoms with van der Waals surface area (Å²) in [6.45, 7) is 6.69. The number of ether oxygens (including phenoxy) is 1. The molecule has 0 saturated carbocycles. The Bertz CT molecular complexity index is 493. The Kier molecular flexibility index (Phi) is 2.88. The third kappa shape index (κ3) is 2.03. The topological polar surface area (TPSA) is 52.6 Å². The van der Waals surface area contributed by atoms with Crippen molar-refractivity contribution < 1.29 is 18.8 Å². The van der Waals surface area contributed by atoms with Gasteiger partial charge >= 0.3 is 11.9 Å². The number of fused-ring (bicyclic) bond motifs is 1. The molecule has 0 unspecified atom stereocenters. The van der Waals surface area contributed by atoms with Crippen LogP contribution in [-0.2, 0) is 9.16 Å². The lowest BCUT2D eigenvalue weighted by Crippen LogP contribution is -2.45. The summed E-state index contributed by atoms with van der Waals surface area (Å²) in [7, 11) is -1.99. The second kappa shape index (κ2) is 4.08. The molecule has 1 aliphatic heterocycles. The molecule has 0 atom stereocenters. The van der Waals surface area contributed by atoms with Crippen LogP contribution in [0.2, 0.25) is 13.1 Å². The van der Waals surface area contributed by atoms with E-state index in [1.807, 2.05) is 13.0 Å². The van der Waals surface area contributed by atoms with Crippen molar-refractivity contribution in [3.8, 4) is 0 Å². The third-order valence-corrected chi connectivity index (χ3v) is 5.56. The van der Waals surface area contributed by atoms with Crippen molar-refractivity contribution in [2.45, 2.75) is 20.0 Å². The summed E-state index contributed by atoms with van der Waals surface area (Å²) in [5, 5.41) is 0.991. The minimum Gasteiger partial charge on any atom is -0.413 e. The second-order valence-electron chi connectivity index (χ2n) is 4.38. The molecule has 0 amide bonds. The number of hydrogen-bond donors (Lipinski definition) is 0. The Balaban J connectivity index is 2.44. The van der Waals surface area contributed by atoms with E-state index in [4.69, 9.17) is 4.43 Å². The first-order chi connectivity index (χ1) is 7.95. The van der Waals surface area contributed by atoms with Crippen LogP contribution in [0.1, 0.15) is 27.6 Å². The van der Waals surface area contributed by atoms with E-state index in [9.17, 15) is 9.59 Å². The van der Waals surface area contributed by atoms with Crippen LogP contribution in [0.15, 0.2) is 18.2 Å². The molecular formula is C12H14O4Si. The number of cyclic esters (lactones) is 2. The van der Waals surface area contributed by atoms with Gasteiger partial charge in [-0.15, -0.1) is 0 Å². The van der Waals surface area contributed by atoms with Crippen LogP contribution < -0.4 is 5.19 Å². The number of hydrogen-bond acceptors (Lipinski definition) is 4. The molecule has 1 heterocycles. The zero-order chi connectivity index (χ0) is 12.6. The van der Waals surface area contributed by atoms with Crippen molar-refractivity contribution in [2.75, 3.05) is 6.61 Å². The van der Waals surface area contributed by atoms with Gasteiger partial charge in [-0.25, -0.2) is 9.59 Å². The van der Waals surface area contributed by atoms with Crippen molar-refractivity contribution in [1.82, 2.24) is 0 Å². The number of esters is 2. The van der Waals surface area contributed by atoms with E-state index in [1.54, 1.807) is 12.1 Å². The first-order valence-corrected chi connectivity index (χ1v) is 8.41. The van der Waals surface area contributed by atoms with Gasteiger partial charge in [0.15, 0.2) is 0 Å². The summed E-state index contributed by atoms with van der Waals surface area (Å²) in [4.78, 5) is 22.7. The first kappa shape index (κ1) is 12.0. The average molecular weight is 250 g/mol. The molecule has 0 bridgehead atoms. The van der Waals surface area contributed by atoms with E-state index in [-0.39, 0.29) is 0 Å². The zero-order valence-electron chi connectivity index (χ0n) is 10.1. The number of carbonyl (C=O) groups excluding carboxylic acids is 2. The smallest absolute Gasteiger partial charge is 0.346 e. The van der Waals surface area contributed by atoms with Gasteiger partial charge in [0, 0.05) is 6.61 Å². The molecule has 5 heteroatoms. The Labute approximate surface area is 101 Å². The third-order valence-electron chi connectivity index (χ3n) is 2.85. The van der Waals surface area contributed by atoms with Crippen LogP contribution in [0.3, 0.4) is 0 Å². The normalized spacial score (nSPS) is 14.8. The summed E-state index contributed by atoms with van der Waals surface area (Å²) in [6.07, 6.45) is 0. The van der Waals surface area contributed by atoms with E-state index in [0.29, 0.717) is 17.7 Å². The summed E-state index contributed by atoms with van der Waals surface area (Å²) in [5.74, 6) is -1.12. The van der Waals surface area contributed by atoms with Crippen molar-refractivity contribution in [2.24, 2.45) is 0 Å². The lowest BCUT2D eigenvalue weighted by Gasteiger charge is -2.22. The maximum absolute atomic E-state index is 11.4. The fourth-order valence-electron chi connectivity index (χ4n) is 1.90. The largest absolute Gasteiger partial charge is 0.413 e. The SMILES string of the molecule is CCO[Si](C)(C)c1ccc2c(c1)C(=O)OC2=O. The van der Waals surface area contributed by atoms with Gasteiger partial charge in [0.05, 0.1) is 11.1 Å². The van der Waals surface area contributed by atoms with E-state index >= 15 is 0 Å². The lowest BCUT2D eigenvalue weighted by molar-refractivity contribution is 0.0444. The van der Waals surface area contributed by atoms with E-state index < -0.39 is 20.3 Å². The quantitative estimate of drug-likeness (QED) is 0.463. The van der Waals surface area contributed by atoms with Gasteiger partial charge in [0.25, 0.3) is 0 Å². The lowest BCUT2D eigenvalue weighted by atomic mass is 10.1. The zero-order valence-corrected chi connectivity index (χ0v) is 11.1. The molecule has 2 rings (SSSR count). The van der Waals surface area contributed by atoms with Crippen LogP contribution in [0, 0.1) is 0 Å². The van der Waals surface area contributed by atoms with Gasteiger partial charge < -0.3 is 9.16 Å². The van der Waals surface area contributed by atoms with Crippen molar-refractivity contribution in [3.63, 3.8) is 0 Å². The highest BCUT2D eigenvalue weighted by Crippen LogP contribution is 2.19. The van der Waals surface area contributed by atoms with Crippen LogP contribution in [0.5, 0.6) is 0 Å². The van der Waals surface area contributed by atoms with Gasteiger partial charge in [-0.3, -0.25) is 0 Å². The standard InChI is InChI=1S/C12H14O4Si/c1-4-15-17(2,3)8-5-6-9-10(7-8)12(14)16-11(9)13/h5-7H,4H2,1-3H3. The maximum Gasteiger partial charge on any atom is 0.346 e. The Morgan fingerprint density at radius 1 is 1.18 bits per heavy atom. The van der Waals surface area contributed by atoms with Crippen molar-refractivity contribution in [3.05, 3.63) is 29.3 Å². The van der Waals surface area contributed by atoms with Gasteiger partial charge in [-0.1, -0.05) is 6.07 Å². The Morgan fingerprint density at radius 2 is 1.82 bits per heavy atom. The van der Waals surface area contributed by atoms with Crippen molar-refractivity contribution >= 4 is 25.4 Å². The summed E-state index contributed by atoms with van der Waals surface area (Å²) in [6, 6.07) is 5.22. The fourth-order valence-corrected chi connectivity index (χ4v) is 3.77. The first-order valence-electron chi connectivity index (χ1n) is 5.50. The molecule has 1 aromatic rings. The van der Waals surface area contributed by atoms with E-state index in [2.05, 4.69) is 17.8 Å². The fraction of sp³-hybridized carbons (Fsp3) is 0.333. The molecule has 0 spiro atoms. The predicted molar refractivity (Wildman–Crippen MR) is 64.9 cm³/mol. The summed E-state index contributed by atoms with van der Waals surface area (Å²) < 4.78 is 10.3. The maximum atomic E-state index is 11.4. The minimum absolute atomic E-state index is 0.347. The van der Waals surface area contributed by atoms with Gasteiger partial charge in [0.2, 0.25) is 8.32 Å². The highest BCUT2D eigenvalue weighted by Gasteiger charge is 2.33. The van der Waals surface area contributed by atoms with E-state index in [1.165, 1.54) is 0 Å². The molecule has 90 valence electrons. The van der Waals surface area contributed by atoms with Crippen LogP contribution in [0.25, 0.3) is 0 Å². The van der Waals surface area contributed by atoms with Gasteiger partial charge in [0.1, 0.15) is 0 Å². The molecule has 0 saturated heterocycles. The second-order valence-corrected chi connectivity index (χ2v) is 8.27. The number of carbonyl (C=O) groups is 2. The molecule has 17 heavy (non-hydrogen) atoms. The molecule has 0 fully saturated rings. The number of benzene rings is 1. The van der Waals surface area contributed by atoms with E-state index in [0.717, 1.165) is 5.19 Å². The molecule has 0 aromatic heterocycles. The van der Waals surface area contributed by atoms with Crippen LogP contribution >= 0.6 is 0 Å². The summed E-state index contributed by atoms with van der Waals surface area (Å²) >= 11 is 0. The average Bonchev–Trinajstić information content (AvgIpc) is 2.54. The highest BCUT2D eigenvalue weighted by atomic mass is 28.4. The number of rotatable bonds is 3. The predicted octanol–water partition coefficient (Wildman–Crippen LogP) is 1.45. The minimum atomic E-state index is -1.99. The summed E-state index contributed by atoms with van der Waals surface area (Å²) in [5.41, 5.74) is 0.702.